The lowest BCUT2D eigenvalue weighted by atomic mass is 9.94. The number of hydrogen-bond acceptors (Lipinski definition) is 2. The van der Waals surface area contributed by atoms with Gasteiger partial charge >= 0.3 is 0 Å². The molecule has 0 radical (unpaired) electrons. The van der Waals surface area contributed by atoms with Gasteiger partial charge in [-0.3, -0.25) is 0 Å². The van der Waals surface area contributed by atoms with E-state index in [0.29, 0.717) is 0 Å². The summed E-state index contributed by atoms with van der Waals surface area (Å²) in [4.78, 5) is 2.41. The summed E-state index contributed by atoms with van der Waals surface area (Å²) in [5.41, 5.74) is 14.3. The van der Waals surface area contributed by atoms with Gasteiger partial charge in [0.2, 0.25) is 0 Å². The van der Waals surface area contributed by atoms with Gasteiger partial charge < -0.3 is 9.32 Å². The van der Waals surface area contributed by atoms with E-state index < -0.39 is 0 Å². The first kappa shape index (κ1) is 33.6. The molecule has 11 aromatic rings. The predicted molar refractivity (Wildman–Crippen MR) is 245 cm³/mol. The zero-order valence-electron chi connectivity index (χ0n) is 31.7. The van der Waals surface area contributed by atoms with Crippen molar-refractivity contribution in [2.45, 2.75) is 0 Å². The molecule has 10 aromatic carbocycles. The van der Waals surface area contributed by atoms with Crippen LogP contribution in [0.4, 0.5) is 17.1 Å². The third kappa shape index (κ3) is 5.91. The van der Waals surface area contributed by atoms with Gasteiger partial charge in [-0.2, -0.15) is 0 Å². The average Bonchev–Trinajstić information content (AvgIpc) is 3.69. The Kier molecular flexibility index (Phi) is 8.19. The molecule has 1 heterocycles. The molecule has 0 atom stereocenters. The van der Waals surface area contributed by atoms with Crippen molar-refractivity contribution in [3.63, 3.8) is 0 Å². The molecular weight excluding hydrogens is 703 g/mol. The minimum Gasteiger partial charge on any atom is -0.455 e. The van der Waals surface area contributed by atoms with E-state index in [2.05, 4.69) is 217 Å². The molecule has 0 saturated heterocycles. The highest BCUT2D eigenvalue weighted by Crippen LogP contribution is 2.45. The first-order valence-electron chi connectivity index (χ1n) is 19.8. The fourth-order valence-electron chi connectivity index (χ4n) is 8.59. The molecule has 0 unspecified atom stereocenters. The maximum absolute atomic E-state index is 6.47. The molecule has 0 saturated carbocycles. The smallest absolute Gasteiger partial charge is 0.143 e. The van der Waals surface area contributed by atoms with Crippen LogP contribution < -0.4 is 4.90 Å². The van der Waals surface area contributed by atoms with Crippen molar-refractivity contribution in [1.82, 2.24) is 0 Å². The molecule has 11 rings (SSSR count). The van der Waals surface area contributed by atoms with Crippen molar-refractivity contribution in [3.05, 3.63) is 224 Å². The standard InChI is InChI=1S/C56H37NO/c1-2-13-41(14-3-1)50-35-30-45(49-20-10-17-40-15-6-7-18-48(40)49)37-54(50)57(46-31-26-39(27-32-46)44-25-24-38-12-4-5-16-43(38)36-44)47-33-28-42(29-34-47)51-21-11-22-53-52-19-8-9-23-55(52)58-56(51)53/h1-37H. The monoisotopic (exact) mass is 739 g/mol. The number of para-hydroxylation sites is 2. The van der Waals surface area contributed by atoms with Gasteiger partial charge in [-0.05, 0) is 97.4 Å². The third-order valence-corrected chi connectivity index (χ3v) is 11.5. The van der Waals surface area contributed by atoms with E-state index in [-0.39, 0.29) is 0 Å². The second kappa shape index (κ2) is 14.1. The van der Waals surface area contributed by atoms with Crippen molar-refractivity contribution in [1.29, 1.82) is 0 Å². The van der Waals surface area contributed by atoms with E-state index in [1.807, 2.05) is 12.1 Å². The highest BCUT2D eigenvalue weighted by Gasteiger charge is 2.20. The third-order valence-electron chi connectivity index (χ3n) is 11.5. The van der Waals surface area contributed by atoms with Crippen LogP contribution in [0.3, 0.4) is 0 Å². The second-order valence-electron chi connectivity index (χ2n) is 14.9. The van der Waals surface area contributed by atoms with Crippen molar-refractivity contribution < 1.29 is 4.42 Å². The minimum absolute atomic E-state index is 0.902. The number of furan rings is 1. The topological polar surface area (TPSA) is 16.4 Å². The zero-order chi connectivity index (χ0) is 38.4. The summed E-state index contributed by atoms with van der Waals surface area (Å²) in [7, 11) is 0. The molecule has 0 fully saturated rings. The number of hydrogen-bond donors (Lipinski definition) is 0. The van der Waals surface area contributed by atoms with Crippen LogP contribution in [0.5, 0.6) is 0 Å². The van der Waals surface area contributed by atoms with Gasteiger partial charge in [0.05, 0.1) is 5.69 Å². The first-order valence-corrected chi connectivity index (χ1v) is 19.8. The van der Waals surface area contributed by atoms with E-state index in [4.69, 9.17) is 4.42 Å². The van der Waals surface area contributed by atoms with Crippen molar-refractivity contribution >= 4 is 60.5 Å². The molecule has 0 bridgehead atoms. The predicted octanol–water partition coefficient (Wildman–Crippen LogP) is 16.0. The first-order chi connectivity index (χ1) is 28.7. The Bertz CT molecular complexity index is 3260. The fourth-order valence-corrected chi connectivity index (χ4v) is 8.59. The molecular formula is C56H37NO. The summed E-state index contributed by atoms with van der Waals surface area (Å²) in [5, 5.41) is 7.20. The van der Waals surface area contributed by atoms with E-state index in [1.54, 1.807) is 0 Å². The molecule has 272 valence electrons. The number of anilines is 3. The fraction of sp³-hybridized carbons (Fsp3) is 0. The molecule has 0 amide bonds. The number of fused-ring (bicyclic) bond motifs is 5. The van der Waals surface area contributed by atoms with Gasteiger partial charge in [-0.1, -0.05) is 182 Å². The minimum atomic E-state index is 0.902. The summed E-state index contributed by atoms with van der Waals surface area (Å²) < 4.78 is 6.47. The van der Waals surface area contributed by atoms with Crippen molar-refractivity contribution in [3.8, 4) is 44.5 Å². The van der Waals surface area contributed by atoms with Crippen LogP contribution in [-0.2, 0) is 0 Å². The molecule has 1 aromatic heterocycles. The SMILES string of the molecule is c1ccc(-c2ccc(-c3cccc4ccccc34)cc2N(c2ccc(-c3ccc4ccccc4c3)cc2)c2ccc(-c3cccc4c3oc3ccccc34)cc2)cc1. The van der Waals surface area contributed by atoms with Crippen LogP contribution in [0.15, 0.2) is 229 Å². The number of nitrogens with zero attached hydrogens (tertiary/aromatic N) is 1. The lowest BCUT2D eigenvalue weighted by molar-refractivity contribution is 0.670. The van der Waals surface area contributed by atoms with Gasteiger partial charge in [0.15, 0.2) is 0 Å². The summed E-state index contributed by atoms with van der Waals surface area (Å²) >= 11 is 0. The average molecular weight is 740 g/mol. The van der Waals surface area contributed by atoms with Crippen LogP contribution >= 0.6 is 0 Å². The van der Waals surface area contributed by atoms with Gasteiger partial charge in [0, 0.05) is 33.3 Å². The van der Waals surface area contributed by atoms with E-state index in [1.165, 1.54) is 38.2 Å². The highest BCUT2D eigenvalue weighted by atomic mass is 16.3. The van der Waals surface area contributed by atoms with Crippen LogP contribution in [0.25, 0.3) is 88.0 Å². The Morgan fingerprint density at radius 3 is 1.67 bits per heavy atom. The lowest BCUT2D eigenvalue weighted by Crippen LogP contribution is -2.11. The van der Waals surface area contributed by atoms with Crippen molar-refractivity contribution in [2.75, 3.05) is 4.90 Å². The quantitative estimate of drug-likeness (QED) is 0.162. The molecule has 0 aliphatic carbocycles. The number of benzene rings is 10. The number of rotatable bonds is 7. The highest BCUT2D eigenvalue weighted by molar-refractivity contribution is 6.09. The largest absolute Gasteiger partial charge is 0.455 e. The molecule has 58 heavy (non-hydrogen) atoms. The summed E-state index contributed by atoms with van der Waals surface area (Å²) in [6.45, 7) is 0. The molecule has 0 spiro atoms. The van der Waals surface area contributed by atoms with Gasteiger partial charge in [-0.15, -0.1) is 0 Å². The van der Waals surface area contributed by atoms with Crippen LogP contribution in [0.1, 0.15) is 0 Å². The van der Waals surface area contributed by atoms with Gasteiger partial charge in [0.25, 0.3) is 0 Å². The molecule has 2 heteroatoms. The summed E-state index contributed by atoms with van der Waals surface area (Å²) in [6.07, 6.45) is 0. The second-order valence-corrected chi connectivity index (χ2v) is 14.9. The normalized spacial score (nSPS) is 11.4. The van der Waals surface area contributed by atoms with Gasteiger partial charge in [-0.25, -0.2) is 0 Å². The molecule has 2 nitrogen and oxygen atoms in total. The Labute approximate surface area is 337 Å². The van der Waals surface area contributed by atoms with Crippen LogP contribution in [0, 0.1) is 0 Å². The maximum Gasteiger partial charge on any atom is 0.143 e. The van der Waals surface area contributed by atoms with Crippen molar-refractivity contribution in [2.24, 2.45) is 0 Å². The van der Waals surface area contributed by atoms with E-state index in [9.17, 15) is 0 Å². The summed E-state index contributed by atoms with van der Waals surface area (Å²) in [5.74, 6) is 0. The van der Waals surface area contributed by atoms with Crippen LogP contribution in [0.2, 0.25) is 0 Å². The maximum atomic E-state index is 6.47. The van der Waals surface area contributed by atoms with E-state index in [0.717, 1.165) is 66.8 Å². The molecule has 0 N–H and O–H groups in total. The van der Waals surface area contributed by atoms with E-state index >= 15 is 0 Å². The van der Waals surface area contributed by atoms with Gasteiger partial charge in [0.1, 0.15) is 11.2 Å². The lowest BCUT2D eigenvalue weighted by Gasteiger charge is -2.29. The Hall–Kier alpha value is -7.68. The van der Waals surface area contributed by atoms with Crippen LogP contribution in [-0.4, -0.2) is 0 Å². The summed E-state index contributed by atoms with van der Waals surface area (Å²) in [6, 6.07) is 80.8. The molecule has 0 aliphatic heterocycles. The Balaban J connectivity index is 1.09. The molecule has 0 aliphatic rings. The Morgan fingerprint density at radius 2 is 0.862 bits per heavy atom. The zero-order valence-corrected chi connectivity index (χ0v) is 31.7. The Morgan fingerprint density at radius 1 is 0.293 bits per heavy atom.